The zero-order valence-corrected chi connectivity index (χ0v) is 15.9. The van der Waals surface area contributed by atoms with E-state index in [9.17, 15) is 8.42 Å². The second-order valence-corrected chi connectivity index (χ2v) is 7.83. The maximum atomic E-state index is 11.5. The summed E-state index contributed by atoms with van der Waals surface area (Å²) in [5.74, 6) is 0. The van der Waals surface area contributed by atoms with Gasteiger partial charge in [0.1, 0.15) is 11.0 Å². The van der Waals surface area contributed by atoms with Crippen molar-refractivity contribution in [3.8, 4) is 6.07 Å². The van der Waals surface area contributed by atoms with Gasteiger partial charge in [0.2, 0.25) is 0 Å². The molecule has 0 aliphatic heterocycles. The van der Waals surface area contributed by atoms with Gasteiger partial charge in [-0.25, -0.2) is 8.42 Å². The smallest absolute Gasteiger partial charge is 0.185 e. The predicted octanol–water partition coefficient (Wildman–Crippen LogP) is 3.44. The summed E-state index contributed by atoms with van der Waals surface area (Å²) in [7, 11) is -1.65. The molecule has 8 heteroatoms. The van der Waals surface area contributed by atoms with Gasteiger partial charge in [0, 0.05) is 25.5 Å². The lowest BCUT2D eigenvalue weighted by atomic mass is 10.2. The molecule has 7 nitrogen and oxygen atoms in total. The lowest BCUT2D eigenvalue weighted by Crippen LogP contribution is -2.20. The number of benzene rings is 2. The second kappa shape index (κ2) is 9.07. The highest BCUT2D eigenvalue weighted by molar-refractivity contribution is 7.95. The van der Waals surface area contributed by atoms with Crippen LogP contribution >= 0.6 is 0 Å². The number of likely N-dealkylation sites (N-methyl/N-ethyl adjacent to an activating group) is 1. The van der Waals surface area contributed by atoms with Crippen molar-refractivity contribution in [2.45, 2.75) is 0 Å². The second-order valence-electron chi connectivity index (χ2n) is 5.85. The van der Waals surface area contributed by atoms with E-state index in [4.69, 9.17) is 10.4 Å². The summed E-state index contributed by atoms with van der Waals surface area (Å²) in [6.07, 6.45) is 2.31. The molecule has 0 aliphatic rings. The maximum Gasteiger partial charge on any atom is 0.185 e. The standard InChI is InChI=1S/C19H20N4O3S/c1-23(11-12-24)18-9-7-17(8-10-18)22-21-16-5-3-15(4-6-16)13-19(14-20)27(2,25)26/h3-10,13,24H,11-12H2,1-2H3/b19-13+,22-21+. The zero-order valence-electron chi connectivity index (χ0n) is 15.1. The third kappa shape index (κ3) is 6.02. The number of rotatable bonds is 7. The van der Waals surface area contributed by atoms with Gasteiger partial charge in [-0.2, -0.15) is 15.5 Å². The Kier molecular flexibility index (Phi) is 6.82. The van der Waals surface area contributed by atoms with E-state index in [0.29, 0.717) is 23.5 Å². The van der Waals surface area contributed by atoms with Crippen LogP contribution in [-0.4, -0.2) is 40.0 Å². The minimum atomic E-state index is -3.54. The van der Waals surface area contributed by atoms with Gasteiger partial charge in [0.25, 0.3) is 0 Å². The average molecular weight is 384 g/mol. The van der Waals surface area contributed by atoms with Crippen LogP contribution in [0.2, 0.25) is 0 Å². The molecular formula is C19H20N4O3S. The summed E-state index contributed by atoms with van der Waals surface area (Å²) in [6, 6.07) is 15.9. The van der Waals surface area contributed by atoms with Crippen LogP contribution in [-0.2, 0) is 9.84 Å². The number of aliphatic hydroxyl groups excluding tert-OH is 1. The molecule has 0 aliphatic carbocycles. The van der Waals surface area contributed by atoms with Crippen molar-refractivity contribution in [2.75, 3.05) is 31.4 Å². The van der Waals surface area contributed by atoms with Gasteiger partial charge >= 0.3 is 0 Å². The summed E-state index contributed by atoms with van der Waals surface area (Å²) in [5.41, 5.74) is 2.85. The fourth-order valence-electron chi connectivity index (χ4n) is 2.18. The van der Waals surface area contributed by atoms with Crippen LogP contribution in [0.15, 0.2) is 63.7 Å². The molecule has 0 spiro atoms. The Morgan fingerprint density at radius 1 is 1.11 bits per heavy atom. The average Bonchev–Trinajstić information content (AvgIpc) is 2.65. The minimum Gasteiger partial charge on any atom is -0.395 e. The Bertz CT molecular complexity index is 973. The summed E-state index contributed by atoms with van der Waals surface area (Å²) in [5, 5.41) is 26.2. The van der Waals surface area contributed by atoms with Gasteiger partial charge in [-0.3, -0.25) is 0 Å². The number of aliphatic hydroxyl groups is 1. The number of azo groups is 1. The van der Waals surface area contributed by atoms with E-state index < -0.39 is 9.84 Å². The Morgan fingerprint density at radius 2 is 1.63 bits per heavy atom. The van der Waals surface area contributed by atoms with E-state index in [-0.39, 0.29) is 11.5 Å². The summed E-state index contributed by atoms with van der Waals surface area (Å²) in [6.45, 7) is 0.637. The van der Waals surface area contributed by atoms with E-state index in [1.54, 1.807) is 30.3 Å². The molecule has 27 heavy (non-hydrogen) atoms. The van der Waals surface area contributed by atoms with E-state index in [1.807, 2.05) is 36.2 Å². The molecule has 0 bridgehead atoms. The zero-order chi connectivity index (χ0) is 19.9. The molecular weight excluding hydrogens is 364 g/mol. The van der Waals surface area contributed by atoms with Gasteiger partial charge in [-0.15, -0.1) is 0 Å². The summed E-state index contributed by atoms with van der Waals surface area (Å²) >= 11 is 0. The molecule has 0 saturated heterocycles. The quantitative estimate of drug-likeness (QED) is 0.581. The van der Waals surface area contributed by atoms with Crippen LogP contribution in [0, 0.1) is 11.3 Å². The molecule has 140 valence electrons. The molecule has 2 aromatic rings. The van der Waals surface area contributed by atoms with Crippen LogP contribution in [0.3, 0.4) is 0 Å². The molecule has 1 N–H and O–H groups in total. The number of anilines is 1. The first-order valence-electron chi connectivity index (χ1n) is 8.09. The molecule has 0 heterocycles. The van der Waals surface area contributed by atoms with Gasteiger partial charge in [0.05, 0.1) is 18.0 Å². The van der Waals surface area contributed by atoms with Crippen LogP contribution in [0.1, 0.15) is 5.56 Å². The number of allylic oxidation sites excluding steroid dienone is 1. The highest BCUT2D eigenvalue weighted by Gasteiger charge is 2.10. The fraction of sp³-hybridized carbons (Fsp3) is 0.211. The van der Waals surface area contributed by atoms with E-state index in [0.717, 1.165) is 11.9 Å². The highest BCUT2D eigenvalue weighted by Crippen LogP contribution is 2.22. The van der Waals surface area contributed by atoms with Crippen molar-refractivity contribution in [2.24, 2.45) is 10.2 Å². The van der Waals surface area contributed by atoms with E-state index >= 15 is 0 Å². The molecule has 0 fully saturated rings. The molecule has 0 atom stereocenters. The summed E-state index contributed by atoms with van der Waals surface area (Å²) < 4.78 is 22.9. The van der Waals surface area contributed by atoms with E-state index in [2.05, 4.69) is 10.2 Å². The summed E-state index contributed by atoms with van der Waals surface area (Å²) in [4.78, 5) is 1.64. The normalized spacial score (nSPS) is 12.1. The Hall–Kier alpha value is -3.02. The molecule has 2 aromatic carbocycles. The van der Waals surface area contributed by atoms with Gasteiger partial charge < -0.3 is 10.0 Å². The monoisotopic (exact) mass is 384 g/mol. The maximum absolute atomic E-state index is 11.5. The minimum absolute atomic E-state index is 0.0865. The molecule has 0 radical (unpaired) electrons. The van der Waals surface area contributed by atoms with Crippen LogP contribution < -0.4 is 4.90 Å². The number of hydrogen-bond acceptors (Lipinski definition) is 7. The Labute approximate surface area is 158 Å². The molecule has 0 unspecified atom stereocenters. The van der Waals surface area contributed by atoms with E-state index in [1.165, 1.54) is 6.08 Å². The molecule has 2 rings (SSSR count). The van der Waals surface area contributed by atoms with Crippen LogP contribution in [0.5, 0.6) is 0 Å². The molecule has 0 aromatic heterocycles. The number of nitrogens with zero attached hydrogens (tertiary/aromatic N) is 4. The first-order valence-corrected chi connectivity index (χ1v) is 9.98. The lowest BCUT2D eigenvalue weighted by molar-refractivity contribution is 0.304. The van der Waals surface area contributed by atoms with Crippen molar-refractivity contribution in [1.82, 2.24) is 0 Å². The van der Waals surface area contributed by atoms with Crippen molar-refractivity contribution in [3.63, 3.8) is 0 Å². The van der Waals surface area contributed by atoms with Gasteiger partial charge in [0.15, 0.2) is 9.84 Å². The van der Waals surface area contributed by atoms with Crippen LogP contribution in [0.4, 0.5) is 17.1 Å². The Balaban J connectivity index is 2.10. The molecule has 0 amide bonds. The fourth-order valence-corrected chi connectivity index (χ4v) is 2.70. The highest BCUT2D eigenvalue weighted by atomic mass is 32.2. The molecule has 0 saturated carbocycles. The number of nitriles is 1. The van der Waals surface area contributed by atoms with Gasteiger partial charge in [-0.05, 0) is 48.0 Å². The van der Waals surface area contributed by atoms with Gasteiger partial charge in [-0.1, -0.05) is 12.1 Å². The third-order valence-electron chi connectivity index (χ3n) is 3.71. The third-order valence-corrected chi connectivity index (χ3v) is 4.72. The van der Waals surface area contributed by atoms with Crippen molar-refractivity contribution in [1.29, 1.82) is 5.26 Å². The predicted molar refractivity (Wildman–Crippen MR) is 106 cm³/mol. The Morgan fingerprint density at radius 3 is 2.07 bits per heavy atom. The SMILES string of the molecule is CN(CCO)c1ccc(/N=N/c2ccc(/C=C(\C#N)S(C)(=O)=O)cc2)cc1. The topological polar surface area (TPSA) is 106 Å². The first kappa shape index (κ1) is 20.3. The van der Waals surface area contributed by atoms with Crippen molar-refractivity contribution in [3.05, 3.63) is 59.0 Å². The largest absolute Gasteiger partial charge is 0.395 e. The number of sulfone groups is 1. The number of hydrogen-bond donors (Lipinski definition) is 1. The lowest BCUT2D eigenvalue weighted by Gasteiger charge is -2.17. The van der Waals surface area contributed by atoms with Crippen LogP contribution in [0.25, 0.3) is 6.08 Å². The first-order chi connectivity index (χ1) is 12.8. The van der Waals surface area contributed by atoms with Crippen molar-refractivity contribution >= 4 is 33.0 Å². The van der Waals surface area contributed by atoms with Crippen molar-refractivity contribution < 1.29 is 13.5 Å².